The van der Waals surface area contributed by atoms with Gasteiger partial charge in [-0.2, -0.15) is 0 Å². The number of pyridine rings is 1. The number of piperidine rings is 1. The summed E-state index contributed by atoms with van der Waals surface area (Å²) in [7, 11) is 0. The molecule has 6 nitrogen and oxygen atoms in total. The summed E-state index contributed by atoms with van der Waals surface area (Å²) in [5.74, 6) is 0.688. The van der Waals surface area contributed by atoms with Crippen LogP contribution in [0.1, 0.15) is 29.0 Å². The van der Waals surface area contributed by atoms with Crippen molar-refractivity contribution in [3.8, 4) is 0 Å². The molecular formula is C17H19N3O3. The van der Waals surface area contributed by atoms with Gasteiger partial charge in [-0.25, -0.2) is 0 Å². The van der Waals surface area contributed by atoms with Gasteiger partial charge >= 0.3 is 0 Å². The molecule has 0 unspecified atom stereocenters. The van der Waals surface area contributed by atoms with Gasteiger partial charge in [-0.1, -0.05) is 0 Å². The average molecular weight is 313 g/mol. The van der Waals surface area contributed by atoms with E-state index in [-0.39, 0.29) is 17.7 Å². The van der Waals surface area contributed by atoms with Crippen molar-refractivity contribution >= 4 is 11.8 Å². The smallest absolute Gasteiger partial charge is 0.255 e. The lowest BCUT2D eigenvalue weighted by atomic mass is 9.95. The first kappa shape index (κ1) is 15.3. The highest BCUT2D eigenvalue weighted by atomic mass is 16.3. The Morgan fingerprint density at radius 1 is 1.26 bits per heavy atom. The number of furan rings is 1. The second-order valence-corrected chi connectivity index (χ2v) is 5.61. The number of hydrogen-bond donors (Lipinski definition) is 1. The van der Waals surface area contributed by atoms with Gasteiger partial charge in [-0.05, 0) is 37.1 Å². The van der Waals surface area contributed by atoms with Crippen molar-refractivity contribution in [3.63, 3.8) is 0 Å². The van der Waals surface area contributed by atoms with Crippen molar-refractivity contribution in [3.05, 3.63) is 54.2 Å². The molecule has 0 aliphatic carbocycles. The van der Waals surface area contributed by atoms with E-state index in [4.69, 9.17) is 4.42 Å². The van der Waals surface area contributed by atoms with Crippen LogP contribution in [0.5, 0.6) is 0 Å². The Labute approximate surface area is 134 Å². The van der Waals surface area contributed by atoms with E-state index in [9.17, 15) is 9.59 Å². The number of carbonyl (C=O) groups is 2. The van der Waals surface area contributed by atoms with Gasteiger partial charge in [-0.15, -0.1) is 0 Å². The van der Waals surface area contributed by atoms with Gasteiger partial charge in [0.05, 0.1) is 18.4 Å². The third-order valence-corrected chi connectivity index (χ3v) is 4.08. The molecule has 3 heterocycles. The van der Waals surface area contributed by atoms with E-state index in [1.807, 2.05) is 6.07 Å². The van der Waals surface area contributed by atoms with Crippen molar-refractivity contribution < 1.29 is 14.0 Å². The summed E-state index contributed by atoms with van der Waals surface area (Å²) in [6, 6.07) is 7.14. The van der Waals surface area contributed by atoms with Gasteiger partial charge < -0.3 is 14.6 Å². The van der Waals surface area contributed by atoms with Gasteiger partial charge in [0.15, 0.2) is 0 Å². The van der Waals surface area contributed by atoms with Gasteiger partial charge in [-0.3, -0.25) is 14.6 Å². The molecule has 0 saturated carbocycles. The predicted molar refractivity (Wildman–Crippen MR) is 83.4 cm³/mol. The zero-order chi connectivity index (χ0) is 16.1. The molecule has 0 spiro atoms. The van der Waals surface area contributed by atoms with Crippen LogP contribution in [0.25, 0.3) is 0 Å². The number of carbonyl (C=O) groups excluding carboxylic acids is 2. The Bertz CT molecular complexity index is 647. The summed E-state index contributed by atoms with van der Waals surface area (Å²) in [6.45, 7) is 1.58. The number of hydrogen-bond acceptors (Lipinski definition) is 4. The fourth-order valence-electron chi connectivity index (χ4n) is 2.75. The second-order valence-electron chi connectivity index (χ2n) is 5.61. The molecule has 2 aromatic heterocycles. The molecule has 120 valence electrons. The van der Waals surface area contributed by atoms with Crippen molar-refractivity contribution in [1.82, 2.24) is 15.2 Å². The summed E-state index contributed by atoms with van der Waals surface area (Å²) < 4.78 is 5.20. The highest BCUT2D eigenvalue weighted by Gasteiger charge is 2.27. The molecular weight excluding hydrogens is 294 g/mol. The van der Waals surface area contributed by atoms with Crippen LogP contribution in [0.2, 0.25) is 0 Å². The Hall–Kier alpha value is -2.63. The van der Waals surface area contributed by atoms with Crippen molar-refractivity contribution in [2.24, 2.45) is 5.92 Å². The molecule has 6 heteroatoms. The maximum atomic E-state index is 12.3. The van der Waals surface area contributed by atoms with Crippen molar-refractivity contribution in [2.75, 3.05) is 13.1 Å². The number of rotatable bonds is 4. The molecule has 0 aromatic carbocycles. The summed E-state index contributed by atoms with van der Waals surface area (Å²) >= 11 is 0. The molecule has 2 aromatic rings. The monoisotopic (exact) mass is 313 g/mol. The van der Waals surface area contributed by atoms with Gasteiger partial charge in [0.2, 0.25) is 5.91 Å². The van der Waals surface area contributed by atoms with Crippen LogP contribution >= 0.6 is 0 Å². The fraction of sp³-hybridized carbons (Fsp3) is 0.353. The lowest BCUT2D eigenvalue weighted by Crippen LogP contribution is -2.42. The Morgan fingerprint density at radius 2 is 2.09 bits per heavy atom. The predicted octanol–water partition coefficient (Wildman–Crippen LogP) is 1.84. The van der Waals surface area contributed by atoms with Crippen LogP contribution in [0.15, 0.2) is 47.3 Å². The molecule has 1 saturated heterocycles. The summed E-state index contributed by atoms with van der Waals surface area (Å²) in [5, 5.41) is 2.88. The van der Waals surface area contributed by atoms with E-state index in [0.29, 0.717) is 38.0 Å². The molecule has 3 rings (SSSR count). The lowest BCUT2D eigenvalue weighted by molar-refractivity contribution is -0.126. The number of likely N-dealkylation sites (tertiary alicyclic amines) is 1. The molecule has 0 atom stereocenters. The van der Waals surface area contributed by atoms with E-state index in [0.717, 1.165) is 5.76 Å². The van der Waals surface area contributed by atoms with Crippen LogP contribution in [0, 0.1) is 5.92 Å². The van der Waals surface area contributed by atoms with Crippen LogP contribution in [-0.4, -0.2) is 34.8 Å². The molecule has 0 bridgehead atoms. The Morgan fingerprint density at radius 3 is 2.74 bits per heavy atom. The number of nitrogens with one attached hydrogen (secondary N) is 1. The minimum atomic E-state index is -0.0529. The van der Waals surface area contributed by atoms with Gasteiger partial charge in [0, 0.05) is 31.4 Å². The quantitative estimate of drug-likeness (QED) is 0.934. The molecule has 1 fully saturated rings. The average Bonchev–Trinajstić information content (AvgIpc) is 3.13. The molecule has 1 N–H and O–H groups in total. The lowest BCUT2D eigenvalue weighted by Gasteiger charge is -2.31. The fourth-order valence-corrected chi connectivity index (χ4v) is 2.75. The molecule has 23 heavy (non-hydrogen) atoms. The van der Waals surface area contributed by atoms with Crippen LogP contribution in [-0.2, 0) is 11.3 Å². The minimum absolute atomic E-state index is 0.0208. The Kier molecular flexibility index (Phi) is 4.71. The zero-order valence-corrected chi connectivity index (χ0v) is 12.8. The van der Waals surface area contributed by atoms with E-state index in [1.54, 1.807) is 41.8 Å². The first-order chi connectivity index (χ1) is 11.2. The minimum Gasteiger partial charge on any atom is -0.467 e. The van der Waals surface area contributed by atoms with Crippen LogP contribution in [0.3, 0.4) is 0 Å². The number of nitrogens with zero attached hydrogens (tertiary/aromatic N) is 2. The van der Waals surface area contributed by atoms with Gasteiger partial charge in [0.1, 0.15) is 5.76 Å². The first-order valence-electron chi connectivity index (χ1n) is 7.73. The van der Waals surface area contributed by atoms with E-state index >= 15 is 0 Å². The third-order valence-electron chi connectivity index (χ3n) is 4.08. The van der Waals surface area contributed by atoms with E-state index in [1.165, 1.54) is 0 Å². The largest absolute Gasteiger partial charge is 0.467 e. The van der Waals surface area contributed by atoms with Crippen molar-refractivity contribution in [1.29, 1.82) is 0 Å². The van der Waals surface area contributed by atoms with Crippen LogP contribution in [0.4, 0.5) is 0 Å². The standard InChI is InChI=1S/C17H19N3O3/c21-16(19-12-15-4-2-10-23-15)13-5-8-20(9-6-13)17(22)14-3-1-7-18-11-14/h1-4,7,10-11,13H,5-6,8-9,12H2,(H,19,21). The third kappa shape index (κ3) is 3.77. The zero-order valence-electron chi connectivity index (χ0n) is 12.8. The summed E-state index contributed by atoms with van der Waals surface area (Å²) in [4.78, 5) is 30.3. The summed E-state index contributed by atoms with van der Waals surface area (Å²) in [5.41, 5.74) is 0.591. The molecule has 2 amide bonds. The highest BCUT2D eigenvalue weighted by molar-refractivity contribution is 5.94. The normalized spacial score (nSPS) is 15.4. The molecule has 0 radical (unpaired) electrons. The maximum absolute atomic E-state index is 12.3. The van der Waals surface area contributed by atoms with E-state index in [2.05, 4.69) is 10.3 Å². The van der Waals surface area contributed by atoms with Gasteiger partial charge in [0.25, 0.3) is 5.91 Å². The van der Waals surface area contributed by atoms with E-state index < -0.39 is 0 Å². The SMILES string of the molecule is O=C(NCc1ccco1)C1CCN(C(=O)c2cccnc2)CC1. The first-order valence-corrected chi connectivity index (χ1v) is 7.73. The number of aromatic nitrogens is 1. The van der Waals surface area contributed by atoms with Crippen LogP contribution < -0.4 is 5.32 Å². The highest BCUT2D eigenvalue weighted by Crippen LogP contribution is 2.19. The second kappa shape index (κ2) is 7.09. The topological polar surface area (TPSA) is 75.4 Å². The van der Waals surface area contributed by atoms with Crippen molar-refractivity contribution in [2.45, 2.75) is 19.4 Å². The molecule has 1 aliphatic rings. The number of amides is 2. The maximum Gasteiger partial charge on any atom is 0.255 e. The molecule has 1 aliphatic heterocycles. The Balaban J connectivity index is 1.48. The summed E-state index contributed by atoms with van der Waals surface area (Å²) in [6.07, 6.45) is 6.16.